The van der Waals surface area contributed by atoms with Gasteiger partial charge < -0.3 is 10.1 Å². The molecule has 0 bridgehead atoms. The largest absolute Gasteiger partial charge is 0.444 e. The third kappa shape index (κ3) is 4.25. The Morgan fingerprint density at radius 2 is 1.87 bits per heavy atom. The topological polar surface area (TPSA) is 60.3 Å². The second-order valence-corrected chi connectivity index (χ2v) is 9.01. The number of nitrogens with one attached hydrogen (secondary N) is 1. The van der Waals surface area contributed by atoms with E-state index >= 15 is 0 Å². The minimum Gasteiger partial charge on any atom is -0.444 e. The third-order valence-electron chi connectivity index (χ3n) is 4.68. The number of benzene rings is 2. The van der Waals surface area contributed by atoms with Gasteiger partial charge in [-0.1, -0.05) is 61.5 Å². The molecule has 0 unspecified atom stereocenters. The van der Waals surface area contributed by atoms with Crippen LogP contribution in [0.2, 0.25) is 5.02 Å². The minimum atomic E-state index is -0.321. The van der Waals surface area contributed by atoms with Crippen LogP contribution in [0.15, 0.2) is 69.3 Å². The zero-order valence-electron chi connectivity index (χ0n) is 16.6. The standard InChI is InChI=1S/C23H21ClN2O3S/c1-14(2)11-20(27)29-13-26-12-19-22(25-17-5-3-4-6-18(17)30-19)21(23(26)28)15-7-9-16(24)10-8-15/h3-10,12,14,25H,11,13H2,1-2H3. The van der Waals surface area contributed by atoms with Crippen molar-refractivity contribution in [2.24, 2.45) is 5.92 Å². The molecule has 0 fully saturated rings. The van der Waals surface area contributed by atoms with E-state index in [9.17, 15) is 9.59 Å². The van der Waals surface area contributed by atoms with Crippen molar-refractivity contribution in [3.05, 3.63) is 70.1 Å². The predicted octanol–water partition coefficient (Wildman–Crippen LogP) is 5.92. The first-order valence-electron chi connectivity index (χ1n) is 9.65. The first-order chi connectivity index (χ1) is 14.4. The Balaban J connectivity index is 1.78. The number of pyridine rings is 1. The number of hydrogen-bond donors (Lipinski definition) is 1. The van der Waals surface area contributed by atoms with Gasteiger partial charge in [0.15, 0.2) is 6.73 Å². The van der Waals surface area contributed by atoms with Crippen LogP contribution >= 0.6 is 23.4 Å². The summed E-state index contributed by atoms with van der Waals surface area (Å²) in [4.78, 5) is 27.3. The average molecular weight is 441 g/mol. The molecule has 2 aromatic carbocycles. The summed E-state index contributed by atoms with van der Waals surface area (Å²) in [7, 11) is 0. The maximum absolute atomic E-state index is 13.4. The van der Waals surface area contributed by atoms with Gasteiger partial charge in [-0.05, 0) is 35.7 Å². The van der Waals surface area contributed by atoms with Crippen LogP contribution in [-0.2, 0) is 16.3 Å². The second kappa shape index (κ2) is 8.58. The minimum absolute atomic E-state index is 0.125. The van der Waals surface area contributed by atoms with E-state index < -0.39 is 0 Å². The number of nitrogens with zero attached hydrogens (tertiary/aromatic N) is 1. The SMILES string of the molecule is CC(C)CC(=O)OCn1cc2c(c(-c3ccc(Cl)cc3)c1=O)Nc1ccccc1S2. The Kier molecular flexibility index (Phi) is 5.88. The van der Waals surface area contributed by atoms with Crippen molar-refractivity contribution < 1.29 is 9.53 Å². The quantitative estimate of drug-likeness (QED) is 0.390. The number of para-hydroxylation sites is 1. The van der Waals surface area contributed by atoms with Crippen LogP contribution in [0.4, 0.5) is 11.4 Å². The van der Waals surface area contributed by atoms with Crippen molar-refractivity contribution in [3.8, 4) is 11.1 Å². The highest BCUT2D eigenvalue weighted by atomic mass is 35.5. The van der Waals surface area contributed by atoms with Crippen LogP contribution in [0.25, 0.3) is 11.1 Å². The number of hydrogen-bond acceptors (Lipinski definition) is 5. The molecule has 4 rings (SSSR count). The monoisotopic (exact) mass is 440 g/mol. The number of rotatable bonds is 5. The molecule has 30 heavy (non-hydrogen) atoms. The highest BCUT2D eigenvalue weighted by Crippen LogP contribution is 2.46. The van der Waals surface area contributed by atoms with Gasteiger partial charge in [0.05, 0.1) is 21.8 Å². The number of fused-ring (bicyclic) bond motifs is 2. The Morgan fingerprint density at radius 1 is 1.13 bits per heavy atom. The molecule has 7 heteroatoms. The number of aromatic nitrogens is 1. The van der Waals surface area contributed by atoms with E-state index in [1.807, 2.05) is 50.2 Å². The lowest BCUT2D eigenvalue weighted by molar-refractivity contribution is -0.148. The molecular weight excluding hydrogens is 420 g/mol. The normalized spacial score (nSPS) is 12.1. The number of anilines is 2. The second-order valence-electron chi connectivity index (χ2n) is 7.49. The molecule has 1 aliphatic heterocycles. The Bertz CT molecular complexity index is 1160. The molecule has 5 nitrogen and oxygen atoms in total. The summed E-state index contributed by atoms with van der Waals surface area (Å²) in [6, 6.07) is 15.1. The van der Waals surface area contributed by atoms with Crippen LogP contribution in [0, 0.1) is 5.92 Å². The Labute approximate surface area is 184 Å². The van der Waals surface area contributed by atoms with E-state index in [2.05, 4.69) is 5.32 Å². The summed E-state index contributed by atoms with van der Waals surface area (Å²) in [5, 5.41) is 4.00. The number of carbonyl (C=O) groups excluding carboxylic acids is 1. The summed E-state index contributed by atoms with van der Waals surface area (Å²) in [6.45, 7) is 3.77. The summed E-state index contributed by atoms with van der Waals surface area (Å²) in [5.41, 5.74) is 2.73. The van der Waals surface area contributed by atoms with Crippen LogP contribution in [-0.4, -0.2) is 10.5 Å². The van der Waals surface area contributed by atoms with Gasteiger partial charge in [0.1, 0.15) is 0 Å². The molecule has 0 amide bonds. The number of ether oxygens (including phenoxy) is 1. The Hall–Kier alpha value is -2.70. The lowest BCUT2D eigenvalue weighted by Gasteiger charge is -2.24. The van der Waals surface area contributed by atoms with Gasteiger partial charge in [-0.3, -0.25) is 14.2 Å². The lowest BCUT2D eigenvalue weighted by atomic mass is 10.0. The van der Waals surface area contributed by atoms with Gasteiger partial charge >= 0.3 is 5.97 Å². The van der Waals surface area contributed by atoms with Gasteiger partial charge in [0.25, 0.3) is 5.56 Å². The molecule has 0 spiro atoms. The summed E-state index contributed by atoms with van der Waals surface area (Å²) >= 11 is 7.62. The fourth-order valence-electron chi connectivity index (χ4n) is 3.27. The van der Waals surface area contributed by atoms with Crippen LogP contribution in [0.1, 0.15) is 20.3 Å². The van der Waals surface area contributed by atoms with E-state index in [1.165, 1.54) is 4.57 Å². The van der Waals surface area contributed by atoms with E-state index in [0.29, 0.717) is 17.0 Å². The van der Waals surface area contributed by atoms with Crippen molar-refractivity contribution in [3.63, 3.8) is 0 Å². The van der Waals surface area contributed by atoms with E-state index in [1.54, 1.807) is 30.1 Å². The molecule has 0 radical (unpaired) electrons. The van der Waals surface area contributed by atoms with E-state index in [4.69, 9.17) is 16.3 Å². The first kappa shape index (κ1) is 20.6. The van der Waals surface area contributed by atoms with Crippen LogP contribution in [0.5, 0.6) is 0 Å². The lowest BCUT2D eigenvalue weighted by Crippen LogP contribution is -2.26. The maximum atomic E-state index is 13.4. The van der Waals surface area contributed by atoms with Crippen molar-refractivity contribution >= 4 is 40.7 Å². The predicted molar refractivity (Wildman–Crippen MR) is 121 cm³/mol. The van der Waals surface area contributed by atoms with Gasteiger partial charge in [0, 0.05) is 22.5 Å². The van der Waals surface area contributed by atoms with Gasteiger partial charge in [0.2, 0.25) is 0 Å². The smallest absolute Gasteiger partial charge is 0.307 e. The van der Waals surface area contributed by atoms with Crippen molar-refractivity contribution in [1.29, 1.82) is 0 Å². The maximum Gasteiger partial charge on any atom is 0.307 e. The molecule has 2 heterocycles. The average Bonchev–Trinajstić information content (AvgIpc) is 2.71. The number of halogens is 1. The highest BCUT2D eigenvalue weighted by Gasteiger charge is 2.23. The first-order valence-corrected chi connectivity index (χ1v) is 10.8. The molecule has 0 saturated heterocycles. The van der Waals surface area contributed by atoms with Crippen molar-refractivity contribution in [2.45, 2.75) is 36.8 Å². The molecular formula is C23H21ClN2O3S. The van der Waals surface area contributed by atoms with Crippen molar-refractivity contribution in [2.75, 3.05) is 5.32 Å². The van der Waals surface area contributed by atoms with Crippen LogP contribution < -0.4 is 10.9 Å². The zero-order chi connectivity index (χ0) is 21.3. The van der Waals surface area contributed by atoms with Gasteiger partial charge in [-0.2, -0.15) is 0 Å². The van der Waals surface area contributed by atoms with Gasteiger partial charge in [-0.25, -0.2) is 0 Å². The van der Waals surface area contributed by atoms with Crippen LogP contribution in [0.3, 0.4) is 0 Å². The summed E-state index contributed by atoms with van der Waals surface area (Å²) < 4.78 is 6.81. The molecule has 154 valence electrons. The van der Waals surface area contributed by atoms with E-state index in [0.717, 1.165) is 26.7 Å². The molecule has 0 aliphatic carbocycles. The Morgan fingerprint density at radius 3 is 2.60 bits per heavy atom. The molecule has 0 atom stereocenters. The fourth-order valence-corrected chi connectivity index (χ4v) is 4.44. The molecule has 1 aliphatic rings. The van der Waals surface area contributed by atoms with E-state index in [-0.39, 0.29) is 24.2 Å². The molecule has 3 aromatic rings. The summed E-state index contributed by atoms with van der Waals surface area (Å²) in [5.74, 6) is -0.127. The van der Waals surface area contributed by atoms with Crippen molar-refractivity contribution in [1.82, 2.24) is 4.57 Å². The summed E-state index contributed by atoms with van der Waals surface area (Å²) in [6.07, 6.45) is 2.06. The molecule has 1 N–H and O–H groups in total. The zero-order valence-corrected chi connectivity index (χ0v) is 18.2. The fraction of sp³-hybridized carbons (Fsp3) is 0.217. The molecule has 0 saturated carbocycles. The molecule has 1 aromatic heterocycles. The van der Waals surface area contributed by atoms with Gasteiger partial charge in [-0.15, -0.1) is 0 Å². The highest BCUT2D eigenvalue weighted by molar-refractivity contribution is 7.99. The third-order valence-corrected chi connectivity index (χ3v) is 6.04. The number of esters is 1. The number of carbonyl (C=O) groups is 1.